The number of aromatic nitrogens is 1. The van der Waals surface area contributed by atoms with Gasteiger partial charge in [0.2, 0.25) is 0 Å². The second-order valence-electron chi connectivity index (χ2n) is 2.76. The van der Waals surface area contributed by atoms with Crippen LogP contribution >= 0.6 is 0 Å². The van der Waals surface area contributed by atoms with Crippen LogP contribution in [0.5, 0.6) is 0 Å². The highest BCUT2D eigenvalue weighted by molar-refractivity contribution is 5.93. The molecule has 0 amide bonds. The van der Waals surface area contributed by atoms with Crippen molar-refractivity contribution in [1.29, 1.82) is 0 Å². The van der Waals surface area contributed by atoms with Crippen molar-refractivity contribution in [2.75, 3.05) is 6.61 Å². The number of hydrogen-bond donors (Lipinski definition) is 0. The fourth-order valence-electron chi connectivity index (χ4n) is 1.19. The van der Waals surface area contributed by atoms with Gasteiger partial charge in [-0.2, -0.15) is 0 Å². The Morgan fingerprint density at radius 2 is 2.47 bits per heavy atom. The lowest BCUT2D eigenvalue weighted by molar-refractivity contribution is 0.0520. The molecule has 0 fully saturated rings. The summed E-state index contributed by atoms with van der Waals surface area (Å²) in [6.07, 6.45) is 4.17. The highest BCUT2D eigenvalue weighted by Gasteiger charge is 2.19. The molecular formula is C10H9NO4. The summed E-state index contributed by atoms with van der Waals surface area (Å²) >= 11 is 0. The summed E-state index contributed by atoms with van der Waals surface area (Å²) in [7, 11) is 0. The third-order valence-corrected chi connectivity index (χ3v) is 1.82. The van der Waals surface area contributed by atoms with Crippen LogP contribution in [0.4, 0.5) is 0 Å². The van der Waals surface area contributed by atoms with Crippen LogP contribution in [0.3, 0.4) is 0 Å². The molecule has 0 N–H and O–H groups in total. The first-order chi connectivity index (χ1) is 7.33. The number of furan rings is 1. The van der Waals surface area contributed by atoms with E-state index < -0.39 is 5.97 Å². The molecule has 2 heterocycles. The summed E-state index contributed by atoms with van der Waals surface area (Å²) in [5, 5.41) is 0. The predicted octanol–water partition coefficient (Wildman–Crippen LogP) is 2.11. The molecule has 0 saturated heterocycles. The Balaban J connectivity index is 2.34. The van der Waals surface area contributed by atoms with Crippen LogP contribution in [0.25, 0.3) is 11.3 Å². The van der Waals surface area contributed by atoms with Gasteiger partial charge in [0.25, 0.3) is 0 Å². The quantitative estimate of drug-likeness (QED) is 0.721. The molecule has 0 aromatic carbocycles. The molecule has 2 aromatic rings. The Morgan fingerprint density at radius 3 is 3.13 bits per heavy atom. The van der Waals surface area contributed by atoms with Crippen molar-refractivity contribution in [1.82, 2.24) is 4.98 Å². The average molecular weight is 207 g/mol. The highest BCUT2D eigenvalue weighted by Crippen LogP contribution is 2.23. The molecule has 0 aliphatic rings. The van der Waals surface area contributed by atoms with Crippen molar-refractivity contribution >= 4 is 5.97 Å². The predicted molar refractivity (Wildman–Crippen MR) is 50.2 cm³/mol. The molecular weight excluding hydrogens is 198 g/mol. The second-order valence-corrected chi connectivity index (χ2v) is 2.76. The van der Waals surface area contributed by atoms with Gasteiger partial charge in [0.05, 0.1) is 18.4 Å². The maximum atomic E-state index is 11.4. The minimum atomic E-state index is -0.498. The monoisotopic (exact) mass is 207 g/mol. The van der Waals surface area contributed by atoms with E-state index >= 15 is 0 Å². The number of oxazole rings is 1. The van der Waals surface area contributed by atoms with Crippen LogP contribution in [-0.4, -0.2) is 17.6 Å². The number of carbonyl (C=O) groups is 1. The van der Waals surface area contributed by atoms with Crippen molar-refractivity contribution in [3.05, 3.63) is 30.7 Å². The van der Waals surface area contributed by atoms with E-state index in [0.717, 1.165) is 0 Å². The maximum absolute atomic E-state index is 11.4. The molecule has 15 heavy (non-hydrogen) atoms. The molecule has 0 aliphatic carbocycles. The molecule has 5 nitrogen and oxygen atoms in total. The zero-order chi connectivity index (χ0) is 10.7. The van der Waals surface area contributed by atoms with Crippen LogP contribution in [0.15, 0.2) is 33.8 Å². The first-order valence-electron chi connectivity index (χ1n) is 4.46. The highest BCUT2D eigenvalue weighted by atomic mass is 16.5. The van der Waals surface area contributed by atoms with Gasteiger partial charge in [0, 0.05) is 0 Å². The SMILES string of the molecule is CCOC(=O)c1ncoc1-c1ccoc1. The van der Waals surface area contributed by atoms with E-state index in [9.17, 15) is 4.79 Å². The van der Waals surface area contributed by atoms with Gasteiger partial charge < -0.3 is 13.6 Å². The van der Waals surface area contributed by atoms with Crippen LogP contribution < -0.4 is 0 Å². The Labute approximate surface area is 85.7 Å². The van der Waals surface area contributed by atoms with Gasteiger partial charge in [-0.3, -0.25) is 0 Å². The van der Waals surface area contributed by atoms with Gasteiger partial charge >= 0.3 is 5.97 Å². The first-order valence-corrected chi connectivity index (χ1v) is 4.46. The first kappa shape index (κ1) is 9.51. The lowest BCUT2D eigenvalue weighted by atomic mass is 10.2. The summed E-state index contributed by atoms with van der Waals surface area (Å²) in [6, 6.07) is 1.68. The summed E-state index contributed by atoms with van der Waals surface area (Å²) in [4.78, 5) is 15.3. The Hall–Kier alpha value is -2.04. The van der Waals surface area contributed by atoms with E-state index in [1.165, 1.54) is 18.9 Å². The average Bonchev–Trinajstić information content (AvgIpc) is 2.88. The Morgan fingerprint density at radius 1 is 1.60 bits per heavy atom. The summed E-state index contributed by atoms with van der Waals surface area (Å²) in [5.41, 5.74) is 0.828. The van der Waals surface area contributed by atoms with Gasteiger partial charge in [0.1, 0.15) is 6.26 Å². The molecule has 2 aromatic heterocycles. The van der Waals surface area contributed by atoms with Gasteiger partial charge in [-0.15, -0.1) is 0 Å². The minimum Gasteiger partial charge on any atom is -0.472 e. The topological polar surface area (TPSA) is 65.5 Å². The van der Waals surface area contributed by atoms with Crippen molar-refractivity contribution < 1.29 is 18.4 Å². The smallest absolute Gasteiger partial charge is 0.360 e. The number of hydrogen-bond acceptors (Lipinski definition) is 5. The van der Waals surface area contributed by atoms with Gasteiger partial charge in [-0.25, -0.2) is 9.78 Å². The summed E-state index contributed by atoms with van der Waals surface area (Å²) in [6.45, 7) is 2.03. The van der Waals surface area contributed by atoms with E-state index in [0.29, 0.717) is 17.9 Å². The Kier molecular flexibility index (Phi) is 2.53. The van der Waals surface area contributed by atoms with Crippen LogP contribution in [0.1, 0.15) is 17.4 Å². The van der Waals surface area contributed by atoms with Crippen LogP contribution in [0, 0.1) is 0 Å². The molecule has 78 valence electrons. The van der Waals surface area contributed by atoms with E-state index in [1.807, 2.05) is 0 Å². The van der Waals surface area contributed by atoms with Gasteiger partial charge in [-0.1, -0.05) is 0 Å². The second kappa shape index (κ2) is 4.00. The van der Waals surface area contributed by atoms with Crippen LogP contribution in [-0.2, 0) is 4.74 Å². The van der Waals surface area contributed by atoms with E-state index in [2.05, 4.69) is 4.98 Å². The lowest BCUT2D eigenvalue weighted by Gasteiger charge is -1.98. The molecule has 0 saturated carbocycles. The van der Waals surface area contributed by atoms with Crippen molar-refractivity contribution in [3.63, 3.8) is 0 Å². The summed E-state index contributed by atoms with van der Waals surface area (Å²) < 4.78 is 14.8. The molecule has 0 unspecified atom stereocenters. The lowest BCUT2D eigenvalue weighted by Crippen LogP contribution is -2.06. The van der Waals surface area contributed by atoms with Gasteiger partial charge in [0.15, 0.2) is 17.8 Å². The van der Waals surface area contributed by atoms with Crippen molar-refractivity contribution in [2.24, 2.45) is 0 Å². The molecule has 0 atom stereocenters. The molecule has 2 rings (SSSR count). The zero-order valence-corrected chi connectivity index (χ0v) is 8.10. The normalized spacial score (nSPS) is 10.2. The number of esters is 1. The van der Waals surface area contributed by atoms with Crippen molar-refractivity contribution in [3.8, 4) is 11.3 Å². The maximum Gasteiger partial charge on any atom is 0.360 e. The van der Waals surface area contributed by atoms with E-state index in [-0.39, 0.29) is 5.69 Å². The van der Waals surface area contributed by atoms with Crippen molar-refractivity contribution in [2.45, 2.75) is 6.92 Å². The fourth-order valence-corrected chi connectivity index (χ4v) is 1.19. The third kappa shape index (κ3) is 1.76. The molecule has 0 bridgehead atoms. The number of carbonyl (C=O) groups excluding carboxylic acids is 1. The number of ether oxygens (including phenoxy) is 1. The number of rotatable bonds is 3. The Bertz CT molecular complexity index is 444. The minimum absolute atomic E-state index is 0.165. The van der Waals surface area contributed by atoms with E-state index in [1.54, 1.807) is 13.0 Å². The summed E-state index contributed by atoms with van der Waals surface area (Å²) in [5.74, 6) is -0.135. The van der Waals surface area contributed by atoms with Gasteiger partial charge in [-0.05, 0) is 13.0 Å². The fraction of sp³-hybridized carbons (Fsp3) is 0.200. The van der Waals surface area contributed by atoms with Crippen LogP contribution in [0.2, 0.25) is 0 Å². The number of nitrogens with zero attached hydrogens (tertiary/aromatic N) is 1. The zero-order valence-electron chi connectivity index (χ0n) is 8.10. The molecule has 5 heteroatoms. The third-order valence-electron chi connectivity index (χ3n) is 1.82. The standard InChI is InChI=1S/C10H9NO4/c1-2-14-10(12)8-9(15-6-11-8)7-3-4-13-5-7/h3-6H,2H2,1H3. The van der Waals surface area contributed by atoms with E-state index in [4.69, 9.17) is 13.6 Å². The molecule has 0 radical (unpaired) electrons. The molecule has 0 spiro atoms. The largest absolute Gasteiger partial charge is 0.472 e. The molecule has 0 aliphatic heterocycles.